The first-order chi connectivity index (χ1) is 14.3. The van der Waals surface area contributed by atoms with Crippen molar-refractivity contribution >= 4 is 10.0 Å². The summed E-state index contributed by atoms with van der Waals surface area (Å²) in [6, 6.07) is 0.226. The fourth-order valence-corrected chi connectivity index (χ4v) is 4.67. The Labute approximate surface area is 174 Å². The second-order valence-corrected chi connectivity index (χ2v) is 9.63. The molecule has 13 heteroatoms. The highest BCUT2D eigenvalue weighted by atomic mass is 32.2. The molecule has 2 aliphatic heterocycles. The first kappa shape index (κ1) is 22.1. The molecule has 1 aromatic heterocycles. The predicted molar refractivity (Wildman–Crippen MR) is 98.1 cm³/mol. The molecule has 0 unspecified atom stereocenters. The molecule has 2 aliphatic rings. The van der Waals surface area contributed by atoms with Crippen molar-refractivity contribution in [2.24, 2.45) is 5.73 Å². The molecule has 0 spiro atoms. The number of nitrogens with two attached hydrogens (primary N) is 1. The largest absolute Gasteiger partial charge is 0.416 e. The number of ether oxygens (including phenoxy) is 1. The Hall–Kier alpha value is -2.09. The lowest BCUT2D eigenvalue weighted by molar-refractivity contribution is -0.269. The van der Waals surface area contributed by atoms with Gasteiger partial charge in [-0.3, -0.25) is 4.90 Å². The summed E-state index contributed by atoms with van der Waals surface area (Å²) < 4.78 is 98.6. The first-order valence-electron chi connectivity index (χ1n) is 9.29. The van der Waals surface area contributed by atoms with Crippen LogP contribution in [0.5, 0.6) is 0 Å². The van der Waals surface area contributed by atoms with Crippen LogP contribution in [0, 0.1) is 11.6 Å². The summed E-state index contributed by atoms with van der Waals surface area (Å²) in [6.07, 6.45) is -6.53. The highest BCUT2D eigenvalue weighted by Crippen LogP contribution is 2.42. The molecule has 1 saturated heterocycles. The normalized spacial score (nSPS) is 27.5. The van der Waals surface area contributed by atoms with E-state index in [0.717, 1.165) is 28.5 Å². The highest BCUT2D eigenvalue weighted by molar-refractivity contribution is 7.89. The van der Waals surface area contributed by atoms with Gasteiger partial charge in [0.05, 0.1) is 11.9 Å². The van der Waals surface area contributed by atoms with Crippen molar-refractivity contribution in [1.82, 2.24) is 14.1 Å². The summed E-state index contributed by atoms with van der Waals surface area (Å²) in [5.74, 6) is -1.72. The van der Waals surface area contributed by atoms with Crippen LogP contribution >= 0.6 is 0 Å². The van der Waals surface area contributed by atoms with E-state index >= 15 is 0 Å². The van der Waals surface area contributed by atoms with E-state index in [1.807, 2.05) is 0 Å². The second-order valence-electron chi connectivity index (χ2n) is 7.79. The van der Waals surface area contributed by atoms with Gasteiger partial charge in [0, 0.05) is 42.5 Å². The van der Waals surface area contributed by atoms with Gasteiger partial charge in [0.2, 0.25) is 0 Å². The maximum atomic E-state index is 14.2. The standard InChI is InChI=1S/C18H19F5N4O3S/c1-31(28,29)27-7-9-6-26(8-14(9)25-27)15-5-13(24)16(30-17(15)18(21,22)23)11-4-10(19)2-3-12(11)20/h2-4,7,13,15-17H,5-6,8,24H2,1H3/t13-,15-,16+,17-/m0/s1. The van der Waals surface area contributed by atoms with Crippen LogP contribution in [0.4, 0.5) is 22.0 Å². The Morgan fingerprint density at radius 3 is 2.55 bits per heavy atom. The Morgan fingerprint density at radius 2 is 1.94 bits per heavy atom. The average molecular weight is 466 g/mol. The van der Waals surface area contributed by atoms with Crippen molar-refractivity contribution in [2.75, 3.05) is 6.26 Å². The molecule has 170 valence electrons. The summed E-state index contributed by atoms with van der Waals surface area (Å²) in [5.41, 5.74) is 6.51. The van der Waals surface area contributed by atoms with Crippen molar-refractivity contribution in [1.29, 1.82) is 0 Å². The number of fused-ring (bicyclic) bond motifs is 1. The van der Waals surface area contributed by atoms with Crippen LogP contribution in [0.2, 0.25) is 0 Å². The van der Waals surface area contributed by atoms with E-state index in [9.17, 15) is 30.4 Å². The third-order valence-corrected chi connectivity index (χ3v) is 6.39. The predicted octanol–water partition coefficient (Wildman–Crippen LogP) is 2.07. The van der Waals surface area contributed by atoms with Crippen molar-refractivity contribution in [2.45, 2.75) is 50.0 Å². The maximum Gasteiger partial charge on any atom is 0.416 e. The number of alkyl halides is 3. The van der Waals surface area contributed by atoms with Crippen molar-refractivity contribution in [3.05, 3.63) is 52.9 Å². The molecule has 4 atom stereocenters. The molecule has 0 saturated carbocycles. The molecule has 4 rings (SSSR count). The van der Waals surface area contributed by atoms with Gasteiger partial charge in [0.15, 0.2) is 6.10 Å². The van der Waals surface area contributed by atoms with Crippen LogP contribution in [0.1, 0.15) is 29.3 Å². The molecule has 0 radical (unpaired) electrons. The van der Waals surface area contributed by atoms with Gasteiger partial charge >= 0.3 is 6.18 Å². The Balaban J connectivity index is 1.60. The molecule has 7 nitrogen and oxygen atoms in total. The minimum atomic E-state index is -4.79. The van der Waals surface area contributed by atoms with E-state index in [1.165, 1.54) is 11.1 Å². The number of hydrogen-bond donors (Lipinski definition) is 1. The monoisotopic (exact) mass is 466 g/mol. The fourth-order valence-electron chi connectivity index (χ4n) is 4.10. The number of halogens is 5. The quantitative estimate of drug-likeness (QED) is 0.697. The lowest BCUT2D eigenvalue weighted by Crippen LogP contribution is -2.58. The summed E-state index contributed by atoms with van der Waals surface area (Å²) >= 11 is 0. The van der Waals surface area contributed by atoms with E-state index in [1.54, 1.807) is 0 Å². The van der Waals surface area contributed by atoms with E-state index < -0.39 is 52.1 Å². The lowest BCUT2D eigenvalue weighted by atomic mass is 9.89. The van der Waals surface area contributed by atoms with Gasteiger partial charge in [0.25, 0.3) is 10.0 Å². The van der Waals surface area contributed by atoms with Gasteiger partial charge in [-0.1, -0.05) is 0 Å². The van der Waals surface area contributed by atoms with Gasteiger partial charge in [-0.25, -0.2) is 17.2 Å². The fraction of sp³-hybridized carbons (Fsp3) is 0.500. The van der Waals surface area contributed by atoms with Crippen molar-refractivity contribution in [3.8, 4) is 0 Å². The van der Waals surface area contributed by atoms with Crippen LogP contribution in [0.15, 0.2) is 24.4 Å². The summed E-state index contributed by atoms with van der Waals surface area (Å²) in [6.45, 7) is 0.00134. The van der Waals surface area contributed by atoms with E-state index in [2.05, 4.69) is 5.10 Å². The van der Waals surface area contributed by atoms with Crippen LogP contribution in [-0.2, 0) is 27.8 Å². The smallest absolute Gasteiger partial charge is 0.357 e. The summed E-state index contributed by atoms with van der Waals surface area (Å²) in [5, 5.41) is 3.94. The number of aromatic nitrogens is 2. The molecule has 2 N–H and O–H groups in total. The maximum absolute atomic E-state index is 14.2. The Morgan fingerprint density at radius 1 is 1.23 bits per heavy atom. The summed E-state index contributed by atoms with van der Waals surface area (Å²) in [4.78, 5) is 1.46. The molecule has 0 amide bonds. The van der Waals surface area contributed by atoms with E-state index in [0.29, 0.717) is 11.3 Å². The van der Waals surface area contributed by atoms with Crippen LogP contribution in [0.3, 0.4) is 0 Å². The number of hydrogen-bond acceptors (Lipinski definition) is 6. The SMILES string of the molecule is CS(=O)(=O)n1cc2c(n1)CN([C@H]1C[C@H](N)[C@@H](c3cc(F)ccc3F)O[C@@H]1C(F)(F)F)C2. The number of nitrogens with zero attached hydrogens (tertiary/aromatic N) is 3. The number of rotatable bonds is 3. The van der Waals surface area contributed by atoms with Crippen LogP contribution in [-0.4, -0.2) is 53.1 Å². The number of benzene rings is 1. The Bertz CT molecular complexity index is 1080. The topological polar surface area (TPSA) is 90.5 Å². The van der Waals surface area contributed by atoms with Crippen LogP contribution in [0.25, 0.3) is 0 Å². The lowest BCUT2D eigenvalue weighted by Gasteiger charge is -2.44. The molecule has 1 fully saturated rings. The van der Waals surface area contributed by atoms with E-state index in [4.69, 9.17) is 10.5 Å². The van der Waals surface area contributed by atoms with Gasteiger partial charge < -0.3 is 10.5 Å². The van der Waals surface area contributed by atoms with Crippen molar-refractivity contribution < 1.29 is 35.1 Å². The molecular formula is C18H19F5N4O3S. The zero-order valence-corrected chi connectivity index (χ0v) is 17.0. The second kappa shape index (κ2) is 7.50. The molecular weight excluding hydrogens is 447 g/mol. The first-order valence-corrected chi connectivity index (χ1v) is 11.1. The van der Waals surface area contributed by atoms with Gasteiger partial charge in [-0.2, -0.15) is 22.4 Å². The van der Waals surface area contributed by atoms with Gasteiger partial charge in [-0.05, 0) is 24.6 Å². The molecule has 1 aromatic carbocycles. The minimum Gasteiger partial charge on any atom is -0.357 e. The van der Waals surface area contributed by atoms with E-state index in [-0.39, 0.29) is 25.1 Å². The summed E-state index contributed by atoms with van der Waals surface area (Å²) in [7, 11) is -3.62. The van der Waals surface area contributed by atoms with Crippen molar-refractivity contribution in [3.63, 3.8) is 0 Å². The molecule has 2 aromatic rings. The zero-order valence-electron chi connectivity index (χ0n) is 16.2. The zero-order chi connectivity index (χ0) is 22.7. The third kappa shape index (κ3) is 4.19. The van der Waals surface area contributed by atoms with Crippen LogP contribution < -0.4 is 5.73 Å². The minimum absolute atomic E-state index is 0.0236. The molecule has 0 bridgehead atoms. The third-order valence-electron chi connectivity index (χ3n) is 5.52. The molecule has 0 aliphatic carbocycles. The van der Waals surface area contributed by atoms with Gasteiger partial charge in [0.1, 0.15) is 17.7 Å². The van der Waals surface area contributed by atoms with Gasteiger partial charge in [-0.15, -0.1) is 0 Å². The molecule has 31 heavy (non-hydrogen) atoms. The Kier molecular flexibility index (Phi) is 5.35. The average Bonchev–Trinajstić information content (AvgIpc) is 3.21. The molecule has 3 heterocycles. The highest BCUT2D eigenvalue weighted by Gasteiger charge is 2.54.